The molecule has 0 saturated carbocycles. The predicted molar refractivity (Wildman–Crippen MR) is 75.5 cm³/mol. The maximum atomic E-state index is 13.1. The van der Waals surface area contributed by atoms with Gasteiger partial charge in [-0.05, 0) is 38.9 Å². The normalized spacial score (nSPS) is 11.0. The number of benzene rings is 1. The van der Waals surface area contributed by atoms with Crippen molar-refractivity contribution in [3.8, 4) is 5.75 Å². The van der Waals surface area contributed by atoms with Crippen molar-refractivity contribution in [2.24, 2.45) is 0 Å². The second-order valence-electron chi connectivity index (χ2n) is 4.45. The first-order chi connectivity index (χ1) is 9.09. The van der Waals surface area contributed by atoms with Crippen molar-refractivity contribution >= 4 is 11.6 Å². The van der Waals surface area contributed by atoms with Crippen LogP contribution in [0.5, 0.6) is 5.75 Å². The fourth-order valence-electron chi connectivity index (χ4n) is 1.45. The lowest BCUT2D eigenvalue weighted by atomic mass is 10.3. The first-order valence-corrected chi connectivity index (χ1v) is 6.87. The van der Waals surface area contributed by atoms with E-state index in [1.54, 1.807) is 6.07 Å². The van der Waals surface area contributed by atoms with Gasteiger partial charge in [0.05, 0.1) is 11.1 Å². The third-order valence-corrected chi connectivity index (χ3v) is 2.69. The maximum Gasteiger partial charge on any atom is 0.145 e. The van der Waals surface area contributed by atoms with Gasteiger partial charge in [-0.2, -0.15) is 0 Å². The molecule has 1 N–H and O–H groups in total. The Morgan fingerprint density at radius 1 is 1.26 bits per heavy atom. The molecule has 0 spiro atoms. The fraction of sp³-hybridized carbons (Fsp3) is 0.571. The van der Waals surface area contributed by atoms with Gasteiger partial charge in [-0.3, -0.25) is 0 Å². The number of hydrogen-bond donors (Lipinski definition) is 1. The Balaban J connectivity index is 2.03. The van der Waals surface area contributed by atoms with E-state index in [4.69, 9.17) is 21.1 Å². The molecule has 0 heterocycles. The highest BCUT2D eigenvalue weighted by Crippen LogP contribution is 2.20. The number of ether oxygens (including phenoxy) is 2. The molecule has 0 radical (unpaired) electrons. The second-order valence-corrected chi connectivity index (χ2v) is 4.85. The molecule has 1 aromatic carbocycles. The molecular weight excluding hydrogens is 269 g/mol. The third kappa shape index (κ3) is 7.35. The van der Waals surface area contributed by atoms with E-state index in [1.807, 2.05) is 13.8 Å². The van der Waals surface area contributed by atoms with Crippen molar-refractivity contribution in [3.63, 3.8) is 0 Å². The first-order valence-electron chi connectivity index (χ1n) is 6.49. The Bertz CT molecular complexity index is 374. The van der Waals surface area contributed by atoms with Crippen LogP contribution in [0.25, 0.3) is 0 Å². The van der Waals surface area contributed by atoms with Crippen LogP contribution in [-0.4, -0.2) is 32.4 Å². The second kappa shape index (κ2) is 9.13. The van der Waals surface area contributed by atoms with E-state index in [0.29, 0.717) is 18.9 Å². The van der Waals surface area contributed by atoms with Gasteiger partial charge < -0.3 is 14.8 Å². The summed E-state index contributed by atoms with van der Waals surface area (Å²) >= 11 is 5.58. The molecule has 19 heavy (non-hydrogen) atoms. The highest BCUT2D eigenvalue weighted by molar-refractivity contribution is 6.30. The van der Waals surface area contributed by atoms with E-state index >= 15 is 0 Å². The van der Waals surface area contributed by atoms with Crippen molar-refractivity contribution in [1.82, 2.24) is 5.32 Å². The largest absolute Gasteiger partial charge is 0.492 e. The quantitative estimate of drug-likeness (QED) is 0.708. The average molecular weight is 290 g/mol. The Morgan fingerprint density at radius 3 is 2.74 bits per heavy atom. The Kier molecular flexibility index (Phi) is 7.79. The Labute approximate surface area is 119 Å². The van der Waals surface area contributed by atoms with Crippen LogP contribution in [0.2, 0.25) is 5.02 Å². The molecule has 0 aliphatic heterocycles. The van der Waals surface area contributed by atoms with Crippen molar-refractivity contribution in [2.75, 3.05) is 26.3 Å². The molecule has 0 unspecified atom stereocenters. The zero-order valence-electron chi connectivity index (χ0n) is 11.4. The van der Waals surface area contributed by atoms with Crippen molar-refractivity contribution < 1.29 is 13.9 Å². The molecule has 0 aliphatic rings. The molecule has 0 fully saturated rings. The molecule has 0 atom stereocenters. The minimum absolute atomic E-state index is 0.107. The summed E-state index contributed by atoms with van der Waals surface area (Å²) in [7, 11) is 0. The smallest absolute Gasteiger partial charge is 0.145 e. The van der Waals surface area contributed by atoms with Gasteiger partial charge in [0.25, 0.3) is 0 Å². The van der Waals surface area contributed by atoms with Crippen LogP contribution in [0.3, 0.4) is 0 Å². The topological polar surface area (TPSA) is 30.5 Å². The van der Waals surface area contributed by atoms with Gasteiger partial charge in [-0.15, -0.1) is 0 Å². The Morgan fingerprint density at radius 2 is 2.05 bits per heavy atom. The summed E-state index contributed by atoms with van der Waals surface area (Å²) in [6, 6.07) is 4.43. The van der Waals surface area contributed by atoms with E-state index < -0.39 is 5.82 Å². The third-order valence-electron chi connectivity index (χ3n) is 2.39. The van der Waals surface area contributed by atoms with Gasteiger partial charge in [0.2, 0.25) is 0 Å². The summed E-state index contributed by atoms with van der Waals surface area (Å²) in [5.41, 5.74) is 0. The molecule has 0 saturated heterocycles. The summed E-state index contributed by atoms with van der Waals surface area (Å²) in [5, 5.41) is 3.34. The van der Waals surface area contributed by atoms with Crippen molar-refractivity contribution in [1.29, 1.82) is 0 Å². The number of nitrogens with one attached hydrogen (secondary N) is 1. The van der Waals surface area contributed by atoms with Crippen LogP contribution >= 0.6 is 11.6 Å². The predicted octanol–water partition coefficient (Wildman–Crippen LogP) is 3.26. The van der Waals surface area contributed by atoms with Crippen LogP contribution in [-0.2, 0) is 4.74 Å². The molecule has 108 valence electrons. The zero-order valence-corrected chi connectivity index (χ0v) is 12.2. The summed E-state index contributed by atoms with van der Waals surface area (Å²) in [6.45, 7) is 6.88. The van der Waals surface area contributed by atoms with Crippen LogP contribution in [0.15, 0.2) is 18.2 Å². The minimum Gasteiger partial charge on any atom is -0.492 e. The van der Waals surface area contributed by atoms with E-state index in [9.17, 15) is 4.39 Å². The van der Waals surface area contributed by atoms with Crippen LogP contribution in [0.1, 0.15) is 20.3 Å². The monoisotopic (exact) mass is 289 g/mol. The number of rotatable bonds is 9. The van der Waals surface area contributed by atoms with E-state index in [0.717, 1.165) is 19.6 Å². The summed E-state index contributed by atoms with van der Waals surface area (Å²) in [5.74, 6) is 0.0322. The summed E-state index contributed by atoms with van der Waals surface area (Å²) in [6.07, 6.45) is 1.25. The highest BCUT2D eigenvalue weighted by Gasteiger charge is 2.01. The van der Waals surface area contributed by atoms with Crippen molar-refractivity contribution in [3.05, 3.63) is 29.0 Å². The van der Waals surface area contributed by atoms with E-state index in [-0.39, 0.29) is 11.1 Å². The molecule has 0 aliphatic carbocycles. The lowest BCUT2D eigenvalue weighted by molar-refractivity contribution is 0.0770. The van der Waals surface area contributed by atoms with Gasteiger partial charge >= 0.3 is 0 Å². The summed E-state index contributed by atoms with van der Waals surface area (Å²) < 4.78 is 23.9. The SMILES string of the molecule is CC(C)OCCCNCCOc1ccc(Cl)c(F)c1. The van der Waals surface area contributed by atoms with Crippen LogP contribution < -0.4 is 10.1 Å². The molecule has 5 heteroatoms. The van der Waals surface area contributed by atoms with Crippen molar-refractivity contribution in [2.45, 2.75) is 26.4 Å². The molecule has 0 amide bonds. The van der Waals surface area contributed by atoms with E-state index in [2.05, 4.69) is 5.32 Å². The van der Waals surface area contributed by atoms with Gasteiger partial charge in [-0.25, -0.2) is 4.39 Å². The first kappa shape index (κ1) is 16.2. The minimum atomic E-state index is -0.460. The van der Waals surface area contributed by atoms with E-state index in [1.165, 1.54) is 12.1 Å². The molecule has 3 nitrogen and oxygen atoms in total. The van der Waals surface area contributed by atoms with Crippen LogP contribution in [0, 0.1) is 5.82 Å². The lowest BCUT2D eigenvalue weighted by Crippen LogP contribution is -2.23. The molecule has 1 rings (SSSR count). The standard InChI is InChI=1S/C14H21ClFNO2/c1-11(2)18-8-3-6-17-7-9-19-12-4-5-13(15)14(16)10-12/h4-5,10-11,17H,3,6-9H2,1-2H3. The molecule has 0 aromatic heterocycles. The zero-order chi connectivity index (χ0) is 14.1. The lowest BCUT2D eigenvalue weighted by Gasteiger charge is -2.09. The maximum absolute atomic E-state index is 13.1. The number of halogens is 2. The molecular formula is C14H21ClFNO2. The van der Waals surface area contributed by atoms with Gasteiger partial charge in [0, 0.05) is 19.2 Å². The highest BCUT2D eigenvalue weighted by atomic mass is 35.5. The number of hydrogen-bond acceptors (Lipinski definition) is 3. The van der Waals surface area contributed by atoms with Crippen LogP contribution in [0.4, 0.5) is 4.39 Å². The summed E-state index contributed by atoms with van der Waals surface area (Å²) in [4.78, 5) is 0. The average Bonchev–Trinajstić information content (AvgIpc) is 2.36. The molecule has 0 bridgehead atoms. The van der Waals surface area contributed by atoms with Gasteiger partial charge in [-0.1, -0.05) is 11.6 Å². The van der Waals surface area contributed by atoms with Gasteiger partial charge in [0.15, 0.2) is 0 Å². The van der Waals surface area contributed by atoms with Gasteiger partial charge in [0.1, 0.15) is 18.2 Å². The molecule has 1 aromatic rings. The Hall–Kier alpha value is -0.840. The fourth-order valence-corrected chi connectivity index (χ4v) is 1.57.